The summed E-state index contributed by atoms with van der Waals surface area (Å²) in [7, 11) is 3.06. The molecule has 0 unspecified atom stereocenters. The lowest BCUT2D eigenvalue weighted by molar-refractivity contribution is -0.160. The van der Waals surface area contributed by atoms with E-state index >= 15 is 0 Å². The molecule has 5 rings (SSSR count). The summed E-state index contributed by atoms with van der Waals surface area (Å²) in [6, 6.07) is 15.6. The molecule has 0 N–H and O–H groups in total. The van der Waals surface area contributed by atoms with E-state index in [4.69, 9.17) is 24.0 Å². The van der Waals surface area contributed by atoms with Crippen molar-refractivity contribution in [1.29, 1.82) is 0 Å². The summed E-state index contributed by atoms with van der Waals surface area (Å²) in [6.07, 6.45) is 1.68. The lowest BCUT2D eigenvalue weighted by Gasteiger charge is -2.32. The summed E-state index contributed by atoms with van der Waals surface area (Å²) >= 11 is 1.01. The molecule has 0 spiro atoms. The lowest BCUT2D eigenvalue weighted by Crippen LogP contribution is -2.39. The maximum Gasteiger partial charge on any atom is 0.277 e. The van der Waals surface area contributed by atoms with Crippen molar-refractivity contribution < 1.29 is 18.8 Å². The highest BCUT2D eigenvalue weighted by Gasteiger charge is 2.34. The molecule has 0 atom stereocenters. The monoisotopic (exact) mass is 521 g/mol. The largest absolute Gasteiger partial charge is 0.497 e. The molecule has 1 aromatic heterocycles. The van der Waals surface area contributed by atoms with Gasteiger partial charge < -0.3 is 14.5 Å². The van der Waals surface area contributed by atoms with Crippen molar-refractivity contribution in [3.05, 3.63) is 59.8 Å². The number of rotatable bonds is 8. The van der Waals surface area contributed by atoms with Gasteiger partial charge in [-0.1, -0.05) is 13.8 Å². The van der Waals surface area contributed by atoms with Crippen molar-refractivity contribution in [1.82, 2.24) is 9.78 Å². The molecule has 3 aromatic rings. The van der Waals surface area contributed by atoms with E-state index in [0.717, 1.165) is 65.8 Å². The van der Waals surface area contributed by atoms with E-state index in [2.05, 4.69) is 30.9 Å². The molecule has 0 bridgehead atoms. The van der Waals surface area contributed by atoms with Gasteiger partial charge in [0.2, 0.25) is 0 Å². The van der Waals surface area contributed by atoms with Gasteiger partial charge in [0.25, 0.3) is 5.91 Å². The molecule has 37 heavy (non-hydrogen) atoms. The fourth-order valence-electron chi connectivity index (χ4n) is 4.81. The van der Waals surface area contributed by atoms with Crippen LogP contribution in [0.5, 0.6) is 5.75 Å². The number of hydrogen-bond donors (Lipinski definition) is 0. The Kier molecular flexibility index (Phi) is 7.50. The highest BCUT2D eigenvalue weighted by Crippen LogP contribution is 2.34. The molecule has 1 amide bonds. The van der Waals surface area contributed by atoms with Crippen LogP contribution in [0.3, 0.4) is 0 Å². The molecule has 0 aliphatic carbocycles. The van der Waals surface area contributed by atoms with Crippen LogP contribution in [0.2, 0.25) is 0 Å². The standard InChI is InChI=1S/C27H31N5O4S/c1-18(2)25-28-15-5-16-30(25)19-6-8-20(9-7-19)31-17-14-23-24(27(31)33)32(29-26(23)37-36-35-4)21-10-12-22(34-3)13-11-21/h6-13,18H,5,14-17H2,1-4H3. The third-order valence-corrected chi connectivity index (χ3v) is 7.25. The normalized spacial score (nSPS) is 15.7. The second-order valence-corrected chi connectivity index (χ2v) is 9.87. The van der Waals surface area contributed by atoms with Crippen molar-refractivity contribution in [2.24, 2.45) is 10.9 Å². The van der Waals surface area contributed by atoms with Crippen molar-refractivity contribution in [3.63, 3.8) is 0 Å². The number of benzene rings is 2. The number of carbonyl (C=O) groups excluding carboxylic acids is 1. The average molecular weight is 522 g/mol. The molecule has 0 fully saturated rings. The highest BCUT2D eigenvalue weighted by molar-refractivity contribution is 7.94. The van der Waals surface area contributed by atoms with Gasteiger partial charge in [0.15, 0.2) is 5.03 Å². The smallest absolute Gasteiger partial charge is 0.277 e. The first-order valence-electron chi connectivity index (χ1n) is 12.4. The van der Waals surface area contributed by atoms with Gasteiger partial charge >= 0.3 is 0 Å². The third-order valence-electron chi connectivity index (χ3n) is 6.56. The second kappa shape index (κ2) is 11.0. The zero-order chi connectivity index (χ0) is 25.9. The molecule has 3 heterocycles. The maximum absolute atomic E-state index is 13.9. The van der Waals surface area contributed by atoms with Gasteiger partial charge in [-0.15, -0.1) is 0 Å². The number of carbonyl (C=O) groups is 1. The predicted molar refractivity (Wildman–Crippen MR) is 145 cm³/mol. The van der Waals surface area contributed by atoms with Crippen molar-refractivity contribution in [2.75, 3.05) is 43.7 Å². The molecule has 10 heteroatoms. The van der Waals surface area contributed by atoms with E-state index in [9.17, 15) is 4.79 Å². The van der Waals surface area contributed by atoms with Gasteiger partial charge in [-0.3, -0.25) is 9.79 Å². The minimum atomic E-state index is -0.107. The molecule has 0 saturated heterocycles. The van der Waals surface area contributed by atoms with Gasteiger partial charge in [0.1, 0.15) is 17.3 Å². The topological polar surface area (TPSA) is 81.4 Å². The minimum absolute atomic E-state index is 0.107. The number of ether oxygens (including phenoxy) is 1. The quantitative estimate of drug-likeness (QED) is 0.236. The van der Waals surface area contributed by atoms with Gasteiger partial charge in [-0.2, -0.15) is 9.43 Å². The summed E-state index contributed by atoms with van der Waals surface area (Å²) in [6.45, 7) is 6.72. The Bertz CT molecular complexity index is 1290. The molecule has 0 radical (unpaired) electrons. The Morgan fingerprint density at radius 2 is 1.59 bits per heavy atom. The Balaban J connectivity index is 1.46. The van der Waals surface area contributed by atoms with Crippen LogP contribution in [-0.4, -0.2) is 55.4 Å². The minimum Gasteiger partial charge on any atom is -0.497 e. The number of aliphatic imine (C=N–C) groups is 1. The first kappa shape index (κ1) is 25.3. The Morgan fingerprint density at radius 3 is 2.24 bits per heavy atom. The molecule has 9 nitrogen and oxygen atoms in total. The number of amides is 1. The van der Waals surface area contributed by atoms with E-state index in [1.165, 1.54) is 7.11 Å². The van der Waals surface area contributed by atoms with Crippen molar-refractivity contribution in [2.45, 2.75) is 31.7 Å². The molecular weight excluding hydrogens is 490 g/mol. The highest BCUT2D eigenvalue weighted by atomic mass is 32.2. The lowest BCUT2D eigenvalue weighted by atomic mass is 10.1. The zero-order valence-corrected chi connectivity index (χ0v) is 22.3. The van der Waals surface area contributed by atoms with E-state index in [1.807, 2.05) is 41.3 Å². The first-order chi connectivity index (χ1) is 18.0. The van der Waals surface area contributed by atoms with E-state index in [1.54, 1.807) is 11.8 Å². The molecule has 2 aliphatic rings. The van der Waals surface area contributed by atoms with Crippen molar-refractivity contribution >= 4 is 35.2 Å². The van der Waals surface area contributed by atoms with Crippen LogP contribution in [0.4, 0.5) is 11.4 Å². The van der Waals surface area contributed by atoms with Gasteiger partial charge in [0.05, 0.1) is 31.9 Å². The Hall–Kier alpha value is -3.34. The van der Waals surface area contributed by atoms with Gasteiger partial charge in [-0.05, 0) is 61.4 Å². The number of aromatic nitrogens is 2. The molecule has 194 valence electrons. The van der Waals surface area contributed by atoms with Crippen LogP contribution in [0.1, 0.15) is 36.3 Å². The van der Waals surface area contributed by atoms with Crippen molar-refractivity contribution in [3.8, 4) is 11.4 Å². The zero-order valence-electron chi connectivity index (χ0n) is 21.5. The third kappa shape index (κ3) is 4.96. The number of amidine groups is 1. The van der Waals surface area contributed by atoms with E-state index in [-0.39, 0.29) is 5.91 Å². The average Bonchev–Trinajstić information content (AvgIpc) is 3.31. The van der Waals surface area contributed by atoms with Crippen LogP contribution in [-0.2, 0) is 15.6 Å². The summed E-state index contributed by atoms with van der Waals surface area (Å²) < 4.78 is 12.1. The fraction of sp³-hybridized carbons (Fsp3) is 0.370. The number of methoxy groups -OCH3 is 1. The van der Waals surface area contributed by atoms with Crippen LogP contribution < -0.4 is 14.5 Å². The van der Waals surface area contributed by atoms with E-state index < -0.39 is 0 Å². The summed E-state index contributed by atoms with van der Waals surface area (Å²) in [5.74, 6) is 2.09. The maximum atomic E-state index is 13.9. The number of nitrogens with zero attached hydrogens (tertiary/aromatic N) is 5. The summed E-state index contributed by atoms with van der Waals surface area (Å²) in [5, 5.41) is 5.31. The fourth-order valence-corrected chi connectivity index (χ4v) is 5.36. The van der Waals surface area contributed by atoms with E-state index in [0.29, 0.717) is 29.6 Å². The molecule has 2 aliphatic heterocycles. The number of anilines is 2. The first-order valence-corrected chi connectivity index (χ1v) is 13.1. The Labute approximate surface area is 221 Å². The summed E-state index contributed by atoms with van der Waals surface area (Å²) in [4.78, 5) is 27.5. The predicted octanol–water partition coefficient (Wildman–Crippen LogP) is 4.93. The Morgan fingerprint density at radius 1 is 0.919 bits per heavy atom. The number of hydrogen-bond acceptors (Lipinski definition) is 8. The SMILES string of the molecule is COOSc1nn(-c2ccc(OC)cc2)c2c1CCN(c1ccc(N3CCCN=C3C(C)C)cc1)C2=O. The molecule has 2 aromatic carbocycles. The molecular formula is C27H31N5O4S. The van der Waals surface area contributed by atoms with Gasteiger partial charge in [0, 0.05) is 42.5 Å². The number of fused-ring (bicyclic) bond motifs is 1. The van der Waals surface area contributed by atoms with Crippen LogP contribution >= 0.6 is 12.0 Å². The van der Waals surface area contributed by atoms with Crippen LogP contribution in [0.25, 0.3) is 5.69 Å². The van der Waals surface area contributed by atoms with Gasteiger partial charge in [-0.25, -0.2) is 9.57 Å². The van der Waals surface area contributed by atoms with Crippen LogP contribution in [0, 0.1) is 5.92 Å². The molecule has 0 saturated carbocycles. The van der Waals surface area contributed by atoms with Crippen LogP contribution in [0.15, 0.2) is 58.5 Å². The second-order valence-electron chi connectivity index (χ2n) is 9.18. The summed E-state index contributed by atoms with van der Waals surface area (Å²) in [5.41, 5.74) is 4.08.